The zero-order valence-electron chi connectivity index (χ0n) is 18.8. The fourth-order valence-electron chi connectivity index (χ4n) is 4.00. The molecule has 192 valence electrons. The average Bonchev–Trinajstić information content (AvgIpc) is 3.53. The van der Waals surface area contributed by atoms with Crippen LogP contribution in [0, 0.1) is 5.82 Å². The molecule has 0 radical (unpaired) electrons. The summed E-state index contributed by atoms with van der Waals surface area (Å²) in [5, 5.41) is 3.09. The summed E-state index contributed by atoms with van der Waals surface area (Å²) in [6, 6.07) is 10.7. The maximum Gasteiger partial charge on any atom is 0.453 e. The van der Waals surface area contributed by atoms with E-state index in [1.165, 1.54) is 53.5 Å². The number of hydrogen-bond acceptors (Lipinski definition) is 6. The maximum absolute atomic E-state index is 13.7. The third-order valence-electron chi connectivity index (χ3n) is 5.83. The number of amides is 2. The van der Waals surface area contributed by atoms with Crippen LogP contribution < -0.4 is 0 Å². The normalized spacial score (nSPS) is 14.5. The summed E-state index contributed by atoms with van der Waals surface area (Å²) >= 11 is -1.14. The van der Waals surface area contributed by atoms with Crippen molar-refractivity contribution in [3.05, 3.63) is 78.2 Å². The predicted octanol–water partition coefficient (Wildman–Crippen LogP) is 3.52. The molecule has 0 saturated carbocycles. The topological polar surface area (TPSA) is 98.3 Å². The van der Waals surface area contributed by atoms with E-state index >= 15 is 0 Å². The number of alkyl halides is 3. The molecule has 0 bridgehead atoms. The van der Waals surface area contributed by atoms with Crippen LogP contribution in [0.15, 0.2) is 65.6 Å². The van der Waals surface area contributed by atoms with Gasteiger partial charge >= 0.3 is 12.1 Å². The smallest absolute Gasteiger partial charge is 0.350 e. The SMILES string of the molecule is O=C1[SH4]CCN(C(=O)c2ccc(-n3cnc(-c4c(-c5ccc(F)cc5)noc4C(F)(F)F)c3)cc2)C1=O. The van der Waals surface area contributed by atoms with E-state index in [9.17, 15) is 31.9 Å². The summed E-state index contributed by atoms with van der Waals surface area (Å²) in [5.41, 5.74) is 0.225. The fourth-order valence-corrected chi connectivity index (χ4v) is 5.20. The van der Waals surface area contributed by atoms with Crippen LogP contribution >= 0.6 is 11.8 Å². The van der Waals surface area contributed by atoms with E-state index in [4.69, 9.17) is 0 Å². The second kappa shape index (κ2) is 9.32. The highest BCUT2D eigenvalue weighted by Gasteiger charge is 2.41. The van der Waals surface area contributed by atoms with Gasteiger partial charge in [0.05, 0.1) is 17.6 Å². The molecule has 13 heteroatoms. The van der Waals surface area contributed by atoms with Gasteiger partial charge < -0.3 is 9.09 Å². The van der Waals surface area contributed by atoms with Gasteiger partial charge in [-0.3, -0.25) is 19.3 Å². The van der Waals surface area contributed by atoms with Crippen molar-refractivity contribution in [3.8, 4) is 28.2 Å². The van der Waals surface area contributed by atoms with Crippen molar-refractivity contribution in [2.24, 2.45) is 0 Å². The van der Waals surface area contributed by atoms with Crippen LogP contribution in [0.3, 0.4) is 0 Å². The van der Waals surface area contributed by atoms with E-state index in [2.05, 4.69) is 14.7 Å². The van der Waals surface area contributed by atoms with Gasteiger partial charge in [-0.15, -0.1) is 0 Å². The monoisotopic (exact) mass is 534 g/mol. The average molecular weight is 534 g/mol. The van der Waals surface area contributed by atoms with Gasteiger partial charge in [0.1, 0.15) is 11.5 Å². The highest BCUT2D eigenvalue weighted by atomic mass is 32.2. The molecule has 2 amide bonds. The first kappa shape index (κ1) is 24.4. The Morgan fingerprint density at radius 2 is 1.73 bits per heavy atom. The first-order chi connectivity index (χ1) is 17.6. The maximum atomic E-state index is 13.7. The molecule has 1 aliphatic heterocycles. The molecule has 0 N–H and O–H groups in total. The molecule has 2 aromatic heterocycles. The third-order valence-corrected chi connectivity index (χ3v) is 7.26. The van der Waals surface area contributed by atoms with Gasteiger partial charge in [-0.2, -0.15) is 13.2 Å². The molecule has 0 aliphatic carbocycles. The first-order valence-corrected chi connectivity index (χ1v) is 12.7. The Kier molecular flexibility index (Phi) is 6.15. The molecule has 4 aromatic rings. The summed E-state index contributed by atoms with van der Waals surface area (Å²) in [4.78, 5) is 41.5. The van der Waals surface area contributed by atoms with Crippen molar-refractivity contribution in [1.82, 2.24) is 19.6 Å². The molecule has 1 fully saturated rings. The summed E-state index contributed by atoms with van der Waals surface area (Å²) in [6.45, 7) is 0.207. The van der Waals surface area contributed by atoms with Crippen LogP contribution in [0.1, 0.15) is 16.1 Å². The predicted molar refractivity (Wildman–Crippen MR) is 129 cm³/mol. The largest absolute Gasteiger partial charge is 0.453 e. The lowest BCUT2D eigenvalue weighted by molar-refractivity contribution is -0.155. The number of benzene rings is 2. The third kappa shape index (κ3) is 4.65. The second-order valence-electron chi connectivity index (χ2n) is 8.24. The summed E-state index contributed by atoms with van der Waals surface area (Å²) in [7, 11) is 0. The minimum absolute atomic E-state index is 0.0883. The molecular weight excluding hydrogens is 516 g/mol. The lowest BCUT2D eigenvalue weighted by Crippen LogP contribution is -2.45. The van der Waals surface area contributed by atoms with E-state index in [1.54, 1.807) is 0 Å². The molecular formula is C24H18F4N4O4S. The molecule has 0 unspecified atom stereocenters. The van der Waals surface area contributed by atoms with Crippen LogP contribution in [-0.4, -0.2) is 48.8 Å². The van der Waals surface area contributed by atoms with Crippen molar-refractivity contribution in [2.75, 3.05) is 12.3 Å². The van der Waals surface area contributed by atoms with Crippen LogP contribution in [0.5, 0.6) is 0 Å². The molecule has 8 nitrogen and oxygen atoms in total. The van der Waals surface area contributed by atoms with Crippen molar-refractivity contribution in [3.63, 3.8) is 0 Å². The number of halogens is 4. The van der Waals surface area contributed by atoms with Gasteiger partial charge in [-0.25, -0.2) is 21.1 Å². The highest BCUT2D eigenvalue weighted by molar-refractivity contribution is 8.15. The van der Waals surface area contributed by atoms with Gasteiger partial charge in [0.25, 0.3) is 5.91 Å². The van der Waals surface area contributed by atoms with E-state index in [0.29, 0.717) is 11.4 Å². The number of imide groups is 1. The number of nitrogens with zero attached hydrogens (tertiary/aromatic N) is 4. The number of carbonyl (C=O) groups is 3. The number of hydrogen-bond donors (Lipinski definition) is 0. The lowest BCUT2D eigenvalue weighted by Gasteiger charge is -2.25. The van der Waals surface area contributed by atoms with Crippen molar-refractivity contribution < 1.29 is 36.5 Å². The number of aromatic nitrogens is 3. The summed E-state index contributed by atoms with van der Waals surface area (Å²) in [6.07, 6.45) is -2.24. The Hall–Kier alpha value is -4.26. The Balaban J connectivity index is 1.46. The van der Waals surface area contributed by atoms with Crippen LogP contribution in [0.2, 0.25) is 0 Å². The minimum Gasteiger partial charge on any atom is -0.350 e. The zero-order valence-corrected chi connectivity index (χ0v) is 20.2. The quantitative estimate of drug-likeness (QED) is 0.226. The van der Waals surface area contributed by atoms with Gasteiger partial charge in [0.2, 0.25) is 10.9 Å². The molecule has 5 rings (SSSR count). The van der Waals surface area contributed by atoms with Crippen molar-refractivity contribution in [2.45, 2.75) is 6.18 Å². The Bertz CT molecular complexity index is 1510. The number of imidazole rings is 1. The Morgan fingerprint density at radius 1 is 1.03 bits per heavy atom. The number of rotatable bonds is 4. The fraction of sp³-hybridized carbons (Fsp3) is 0.125. The van der Waals surface area contributed by atoms with E-state index in [1.807, 2.05) is 0 Å². The van der Waals surface area contributed by atoms with Crippen LogP contribution in [0.25, 0.3) is 28.2 Å². The first-order valence-electron chi connectivity index (χ1n) is 11.0. The molecule has 0 atom stereocenters. The molecule has 0 spiro atoms. The molecule has 2 aromatic carbocycles. The van der Waals surface area contributed by atoms with Crippen LogP contribution in [0.4, 0.5) is 17.6 Å². The molecule has 37 heavy (non-hydrogen) atoms. The summed E-state index contributed by atoms with van der Waals surface area (Å²) in [5.74, 6) is -2.74. The standard InChI is InChI=1S/C24H18F4N4O4S/c25-15-5-1-13(2-6-15)19-18(20(36-30-19)24(26,27)28)17-11-31(12-29-17)16-7-3-14(4-8-16)21(33)32-9-10-37-23(35)22(32)34/h1-8,11-12H,9-10H2,37H4. The Morgan fingerprint density at radius 3 is 2.41 bits per heavy atom. The van der Waals surface area contributed by atoms with Gasteiger partial charge in [-0.1, -0.05) is 5.16 Å². The highest BCUT2D eigenvalue weighted by Crippen LogP contribution is 2.42. The van der Waals surface area contributed by atoms with E-state index < -0.39 is 52.0 Å². The van der Waals surface area contributed by atoms with Crippen molar-refractivity contribution in [1.29, 1.82) is 0 Å². The molecule has 3 heterocycles. The van der Waals surface area contributed by atoms with Gasteiger partial charge in [0.15, 0.2) is 0 Å². The summed E-state index contributed by atoms with van der Waals surface area (Å²) < 4.78 is 60.4. The Labute approximate surface area is 209 Å². The molecule has 1 aliphatic rings. The van der Waals surface area contributed by atoms with Gasteiger partial charge in [-0.05, 0) is 54.3 Å². The zero-order chi connectivity index (χ0) is 26.3. The van der Waals surface area contributed by atoms with Crippen LogP contribution in [-0.2, 0) is 15.8 Å². The molecule has 1 saturated heterocycles. The lowest BCUT2D eigenvalue weighted by atomic mass is 10.0. The van der Waals surface area contributed by atoms with E-state index in [0.717, 1.165) is 17.0 Å². The van der Waals surface area contributed by atoms with Crippen molar-refractivity contribution >= 4 is 28.7 Å². The second-order valence-corrected chi connectivity index (χ2v) is 10.1. The number of carbonyl (C=O) groups excluding carboxylic acids is 3. The van der Waals surface area contributed by atoms with E-state index in [-0.39, 0.29) is 29.1 Å². The minimum atomic E-state index is -4.86. The van der Waals surface area contributed by atoms with Gasteiger partial charge in [0, 0.05) is 29.6 Å².